The summed E-state index contributed by atoms with van der Waals surface area (Å²) in [4.78, 5) is 39.1. The van der Waals surface area contributed by atoms with Crippen LogP contribution in [-0.2, 0) is 24.4 Å². The van der Waals surface area contributed by atoms with Gasteiger partial charge in [-0.3, -0.25) is 24.2 Å². The molecule has 14 heteroatoms. The molecule has 10 nitrogen and oxygen atoms in total. The van der Waals surface area contributed by atoms with E-state index in [9.17, 15) is 27.6 Å². The van der Waals surface area contributed by atoms with Gasteiger partial charge in [0, 0.05) is 54.2 Å². The van der Waals surface area contributed by atoms with Gasteiger partial charge in [0.15, 0.2) is 0 Å². The zero-order valence-corrected chi connectivity index (χ0v) is 25.6. The standard InChI is InChI=1S/C32H29ClF3N7O3/c1-18(2)43-17-21(7-11-28(43)44)20-6-10-25(33)22(14-20)15-26(40-31(46)27-12-13-38-42(27)3)30(45)39-23-8-4-19(5-9-23)24-16-37-41-29(24)32(34,35)36/h4-14,16-18,26H,15H2,1-3H3,(H,37,41)(H,39,45)(H,40,46). The van der Waals surface area contributed by atoms with E-state index in [0.29, 0.717) is 16.3 Å². The lowest BCUT2D eigenvalue weighted by atomic mass is 9.99. The highest BCUT2D eigenvalue weighted by molar-refractivity contribution is 6.31. The Hall–Kier alpha value is -5.17. The number of nitrogens with zero attached hydrogens (tertiary/aromatic N) is 4. The van der Waals surface area contributed by atoms with Crippen LogP contribution in [0.3, 0.4) is 0 Å². The summed E-state index contributed by atoms with van der Waals surface area (Å²) >= 11 is 6.57. The highest BCUT2D eigenvalue weighted by Crippen LogP contribution is 2.35. The van der Waals surface area contributed by atoms with E-state index >= 15 is 0 Å². The molecular formula is C32H29ClF3N7O3. The number of halogens is 4. The third-order valence-corrected chi connectivity index (χ3v) is 7.73. The lowest BCUT2D eigenvalue weighted by Gasteiger charge is -2.20. The van der Waals surface area contributed by atoms with Gasteiger partial charge >= 0.3 is 6.18 Å². The fourth-order valence-electron chi connectivity index (χ4n) is 4.93. The van der Waals surface area contributed by atoms with Gasteiger partial charge in [0.2, 0.25) is 5.91 Å². The van der Waals surface area contributed by atoms with Crippen molar-refractivity contribution in [1.29, 1.82) is 0 Å². The first kappa shape index (κ1) is 32.2. The third-order valence-electron chi connectivity index (χ3n) is 7.36. The van der Waals surface area contributed by atoms with Crippen molar-refractivity contribution < 1.29 is 22.8 Å². The lowest BCUT2D eigenvalue weighted by Crippen LogP contribution is -2.45. The van der Waals surface area contributed by atoms with Crippen LogP contribution < -0.4 is 16.2 Å². The van der Waals surface area contributed by atoms with E-state index in [1.54, 1.807) is 42.1 Å². The van der Waals surface area contributed by atoms with Gasteiger partial charge in [-0.2, -0.15) is 23.4 Å². The Labute approximate surface area is 266 Å². The number of benzene rings is 2. The molecule has 2 amide bonds. The van der Waals surface area contributed by atoms with Crippen LogP contribution in [0.5, 0.6) is 0 Å². The smallest absolute Gasteiger partial charge is 0.339 e. The molecular weight excluding hydrogens is 623 g/mol. The largest absolute Gasteiger partial charge is 0.433 e. The highest BCUT2D eigenvalue weighted by atomic mass is 35.5. The van der Waals surface area contributed by atoms with E-state index < -0.39 is 29.7 Å². The zero-order chi connectivity index (χ0) is 33.2. The molecule has 46 heavy (non-hydrogen) atoms. The van der Waals surface area contributed by atoms with E-state index in [1.807, 2.05) is 18.9 Å². The van der Waals surface area contributed by atoms with Gasteiger partial charge < -0.3 is 15.2 Å². The van der Waals surface area contributed by atoms with Gasteiger partial charge in [0.1, 0.15) is 17.4 Å². The molecule has 0 radical (unpaired) electrons. The second-order valence-electron chi connectivity index (χ2n) is 10.9. The summed E-state index contributed by atoms with van der Waals surface area (Å²) in [7, 11) is 1.59. The normalized spacial score (nSPS) is 12.3. The van der Waals surface area contributed by atoms with Crippen molar-refractivity contribution in [3.05, 3.63) is 112 Å². The lowest BCUT2D eigenvalue weighted by molar-refractivity contribution is -0.140. The van der Waals surface area contributed by atoms with Crippen LogP contribution in [-0.4, -0.2) is 42.4 Å². The monoisotopic (exact) mass is 651 g/mol. The summed E-state index contributed by atoms with van der Waals surface area (Å²) in [6.45, 7) is 3.80. The highest BCUT2D eigenvalue weighted by Gasteiger charge is 2.36. The first-order chi connectivity index (χ1) is 21.8. The van der Waals surface area contributed by atoms with E-state index in [2.05, 4.69) is 20.8 Å². The van der Waals surface area contributed by atoms with Crippen LogP contribution in [0.15, 0.2) is 84.0 Å². The summed E-state index contributed by atoms with van der Waals surface area (Å²) in [5.41, 5.74) is 1.57. The third kappa shape index (κ3) is 7.04. The average molecular weight is 652 g/mol. The summed E-state index contributed by atoms with van der Waals surface area (Å²) < 4.78 is 43.0. The predicted octanol–water partition coefficient (Wildman–Crippen LogP) is 5.87. The number of amides is 2. The topological polar surface area (TPSA) is 127 Å². The Bertz CT molecular complexity index is 1950. The second kappa shape index (κ2) is 13.1. The Morgan fingerprint density at radius 2 is 1.70 bits per heavy atom. The molecule has 1 atom stereocenters. The molecule has 2 aromatic carbocycles. The molecule has 5 aromatic rings. The number of aryl methyl sites for hydroxylation is 1. The molecule has 0 fully saturated rings. The van der Waals surface area contributed by atoms with Gasteiger partial charge in [-0.1, -0.05) is 29.8 Å². The van der Waals surface area contributed by atoms with E-state index in [1.165, 1.54) is 47.3 Å². The number of carbonyl (C=O) groups is 2. The zero-order valence-electron chi connectivity index (χ0n) is 24.9. The molecule has 0 aliphatic rings. The molecule has 0 saturated carbocycles. The van der Waals surface area contributed by atoms with Crippen molar-refractivity contribution in [3.8, 4) is 22.3 Å². The number of anilines is 1. The number of rotatable bonds is 9. The number of nitrogens with one attached hydrogen (secondary N) is 3. The van der Waals surface area contributed by atoms with Crippen molar-refractivity contribution in [1.82, 2.24) is 29.9 Å². The van der Waals surface area contributed by atoms with Crippen LogP contribution in [0.25, 0.3) is 22.3 Å². The molecule has 3 heterocycles. The molecule has 3 N–H and O–H groups in total. The Balaban J connectivity index is 1.42. The quantitative estimate of drug-likeness (QED) is 0.184. The average Bonchev–Trinajstić information content (AvgIpc) is 3.68. The molecule has 0 aliphatic heterocycles. The number of alkyl halides is 3. The molecule has 0 aliphatic carbocycles. The minimum absolute atomic E-state index is 0.00599. The molecule has 0 saturated heterocycles. The van der Waals surface area contributed by atoms with Crippen LogP contribution in [0.4, 0.5) is 18.9 Å². The van der Waals surface area contributed by atoms with Gasteiger partial charge in [-0.15, -0.1) is 0 Å². The molecule has 238 valence electrons. The Morgan fingerprint density at radius 1 is 1.00 bits per heavy atom. The maximum atomic E-state index is 13.6. The maximum absolute atomic E-state index is 13.6. The molecule has 3 aromatic heterocycles. The van der Waals surface area contributed by atoms with Crippen molar-refractivity contribution in [2.24, 2.45) is 7.05 Å². The number of hydrogen-bond acceptors (Lipinski definition) is 5. The van der Waals surface area contributed by atoms with Crippen LogP contribution in [0, 0.1) is 0 Å². The van der Waals surface area contributed by atoms with Crippen molar-refractivity contribution in [3.63, 3.8) is 0 Å². The summed E-state index contributed by atoms with van der Waals surface area (Å²) in [6.07, 6.45) is -0.346. The van der Waals surface area contributed by atoms with Crippen LogP contribution >= 0.6 is 11.6 Å². The van der Waals surface area contributed by atoms with E-state index in [0.717, 1.165) is 17.3 Å². The van der Waals surface area contributed by atoms with Gasteiger partial charge in [0.25, 0.3) is 11.5 Å². The summed E-state index contributed by atoms with van der Waals surface area (Å²) in [6, 6.07) is 14.5. The summed E-state index contributed by atoms with van der Waals surface area (Å²) in [5.74, 6) is -1.14. The minimum Gasteiger partial charge on any atom is -0.339 e. The van der Waals surface area contributed by atoms with Gasteiger partial charge in [-0.05, 0) is 72.5 Å². The number of aromatic nitrogens is 5. The second-order valence-corrected chi connectivity index (χ2v) is 11.3. The first-order valence-electron chi connectivity index (χ1n) is 14.1. The van der Waals surface area contributed by atoms with E-state index in [4.69, 9.17) is 11.6 Å². The van der Waals surface area contributed by atoms with Crippen molar-refractivity contribution in [2.45, 2.75) is 38.5 Å². The van der Waals surface area contributed by atoms with Gasteiger partial charge in [-0.25, -0.2) is 0 Å². The Kier molecular flexibility index (Phi) is 9.15. The molecule has 5 rings (SSSR count). The van der Waals surface area contributed by atoms with Crippen molar-refractivity contribution in [2.75, 3.05) is 5.32 Å². The fourth-order valence-corrected chi connectivity index (χ4v) is 5.13. The van der Waals surface area contributed by atoms with E-state index in [-0.39, 0.29) is 34.8 Å². The van der Waals surface area contributed by atoms with Gasteiger partial charge in [0.05, 0.1) is 6.20 Å². The number of hydrogen-bond donors (Lipinski definition) is 3. The molecule has 0 spiro atoms. The summed E-state index contributed by atoms with van der Waals surface area (Å²) in [5, 5.41) is 15.3. The minimum atomic E-state index is -4.62. The predicted molar refractivity (Wildman–Crippen MR) is 167 cm³/mol. The maximum Gasteiger partial charge on any atom is 0.433 e. The first-order valence-corrected chi connectivity index (χ1v) is 14.5. The number of H-pyrrole nitrogens is 1. The Morgan fingerprint density at radius 3 is 2.35 bits per heavy atom. The SMILES string of the molecule is CC(C)n1cc(-c2ccc(Cl)c(CC(NC(=O)c3ccnn3C)C(=O)Nc3ccc(-c4cn[nH]c4C(F)(F)F)cc3)c2)ccc1=O. The van der Waals surface area contributed by atoms with Crippen LogP contribution in [0.2, 0.25) is 5.02 Å². The number of carbonyl (C=O) groups excluding carboxylic acids is 2. The molecule has 0 bridgehead atoms. The molecule has 1 unspecified atom stereocenters. The number of pyridine rings is 1. The van der Waals surface area contributed by atoms with Crippen molar-refractivity contribution >= 4 is 29.1 Å². The fraction of sp³-hybridized carbons (Fsp3) is 0.219. The number of aromatic amines is 1. The van der Waals surface area contributed by atoms with Crippen LogP contribution in [0.1, 0.15) is 41.6 Å².